The van der Waals surface area contributed by atoms with E-state index in [1.807, 2.05) is 19.1 Å². The fourth-order valence-electron chi connectivity index (χ4n) is 2.87. The van der Waals surface area contributed by atoms with Crippen molar-refractivity contribution in [1.29, 1.82) is 0 Å². The fourth-order valence-corrected chi connectivity index (χ4v) is 2.87. The van der Waals surface area contributed by atoms with Crippen molar-refractivity contribution in [3.8, 4) is 5.75 Å². The molecule has 0 amide bonds. The average Bonchev–Trinajstić information content (AvgIpc) is 2.46. The molecule has 3 nitrogen and oxygen atoms in total. The summed E-state index contributed by atoms with van der Waals surface area (Å²) < 4.78 is 11.5. The van der Waals surface area contributed by atoms with Crippen LogP contribution in [-0.2, 0) is 4.74 Å². The monoisotopic (exact) mass is 277 g/mol. The van der Waals surface area contributed by atoms with E-state index in [4.69, 9.17) is 15.2 Å². The molecule has 0 heterocycles. The first-order valence-electron chi connectivity index (χ1n) is 7.65. The van der Waals surface area contributed by atoms with Crippen molar-refractivity contribution in [2.24, 2.45) is 11.7 Å². The van der Waals surface area contributed by atoms with Crippen LogP contribution in [0.2, 0.25) is 0 Å². The second kappa shape index (κ2) is 7.09. The van der Waals surface area contributed by atoms with Crippen molar-refractivity contribution in [1.82, 2.24) is 0 Å². The highest BCUT2D eigenvalue weighted by atomic mass is 16.5. The lowest BCUT2D eigenvalue weighted by Crippen LogP contribution is -2.32. The zero-order valence-electron chi connectivity index (χ0n) is 12.8. The molecule has 0 bridgehead atoms. The van der Waals surface area contributed by atoms with Gasteiger partial charge in [0.2, 0.25) is 0 Å². The molecule has 1 saturated carbocycles. The van der Waals surface area contributed by atoms with Crippen LogP contribution in [0.15, 0.2) is 24.3 Å². The molecule has 0 aliphatic heterocycles. The Morgan fingerprint density at radius 2 is 1.70 bits per heavy atom. The van der Waals surface area contributed by atoms with Crippen molar-refractivity contribution >= 4 is 0 Å². The molecule has 0 radical (unpaired) electrons. The van der Waals surface area contributed by atoms with Gasteiger partial charge in [-0.3, -0.25) is 0 Å². The lowest BCUT2D eigenvalue weighted by molar-refractivity contribution is -0.0459. The third-order valence-electron chi connectivity index (χ3n) is 4.22. The van der Waals surface area contributed by atoms with Gasteiger partial charge in [0.1, 0.15) is 5.75 Å². The Hall–Kier alpha value is -1.06. The zero-order valence-corrected chi connectivity index (χ0v) is 12.8. The number of methoxy groups -OCH3 is 1. The van der Waals surface area contributed by atoms with Crippen molar-refractivity contribution in [2.45, 2.75) is 57.8 Å². The molecule has 20 heavy (non-hydrogen) atoms. The van der Waals surface area contributed by atoms with E-state index in [9.17, 15) is 0 Å². The van der Waals surface area contributed by atoms with Gasteiger partial charge in [-0.15, -0.1) is 0 Å². The normalized spacial score (nSPS) is 26.0. The molecule has 3 heteroatoms. The Bertz CT molecular complexity index is 394. The Balaban J connectivity index is 2.02. The first-order valence-corrected chi connectivity index (χ1v) is 7.65. The summed E-state index contributed by atoms with van der Waals surface area (Å²) in [6, 6.07) is 8.03. The first kappa shape index (κ1) is 15.3. The van der Waals surface area contributed by atoms with E-state index in [0.717, 1.165) is 30.1 Å². The van der Waals surface area contributed by atoms with Crippen LogP contribution in [0.1, 0.15) is 51.2 Å². The number of ether oxygens (including phenoxy) is 2. The lowest BCUT2D eigenvalue weighted by Gasteiger charge is -2.32. The maximum absolute atomic E-state index is 6.29. The van der Waals surface area contributed by atoms with Gasteiger partial charge in [0.25, 0.3) is 0 Å². The molecule has 1 aromatic rings. The Kier molecular flexibility index (Phi) is 5.44. The maximum atomic E-state index is 6.29. The fraction of sp³-hybridized carbons (Fsp3) is 0.647. The van der Waals surface area contributed by atoms with Crippen LogP contribution in [0.3, 0.4) is 0 Å². The summed E-state index contributed by atoms with van der Waals surface area (Å²) in [7, 11) is 1.68. The molecule has 2 N–H and O–H groups in total. The highest BCUT2D eigenvalue weighted by Gasteiger charge is 2.25. The number of benzene rings is 1. The van der Waals surface area contributed by atoms with Crippen molar-refractivity contribution in [3.05, 3.63) is 29.8 Å². The van der Waals surface area contributed by atoms with E-state index in [1.54, 1.807) is 7.11 Å². The molecule has 0 spiro atoms. The van der Waals surface area contributed by atoms with Crippen LogP contribution in [0.5, 0.6) is 5.75 Å². The third-order valence-corrected chi connectivity index (χ3v) is 4.22. The largest absolute Gasteiger partial charge is 0.497 e. The molecule has 2 unspecified atom stereocenters. The predicted octanol–water partition coefficient (Wildman–Crippen LogP) is 3.68. The number of rotatable bonds is 5. The minimum atomic E-state index is -0.0284. The van der Waals surface area contributed by atoms with Gasteiger partial charge in [-0.25, -0.2) is 0 Å². The number of hydrogen-bond acceptors (Lipinski definition) is 3. The second-order valence-corrected chi connectivity index (χ2v) is 6.07. The highest BCUT2D eigenvalue weighted by Crippen LogP contribution is 2.31. The van der Waals surface area contributed by atoms with E-state index < -0.39 is 0 Å². The zero-order chi connectivity index (χ0) is 14.5. The molecular formula is C17H27NO2. The van der Waals surface area contributed by atoms with E-state index in [0.29, 0.717) is 6.10 Å². The standard InChI is InChI=1S/C17H27NO2/c1-12-4-8-16(9-5-12)20-17(13(2)18)14-6-10-15(19-3)11-7-14/h6-7,10-13,16-17H,4-5,8-9,18H2,1-3H3. The Morgan fingerprint density at radius 3 is 2.20 bits per heavy atom. The van der Waals surface area contributed by atoms with Crippen LogP contribution in [0.25, 0.3) is 0 Å². The van der Waals surface area contributed by atoms with E-state index in [1.165, 1.54) is 12.8 Å². The first-order chi connectivity index (χ1) is 9.60. The van der Waals surface area contributed by atoms with Crippen molar-refractivity contribution < 1.29 is 9.47 Å². The molecule has 1 aromatic carbocycles. The number of nitrogens with two attached hydrogens (primary N) is 1. The lowest BCUT2D eigenvalue weighted by atomic mass is 9.88. The van der Waals surface area contributed by atoms with Crippen LogP contribution in [0, 0.1) is 5.92 Å². The molecule has 112 valence electrons. The van der Waals surface area contributed by atoms with Crippen LogP contribution >= 0.6 is 0 Å². The van der Waals surface area contributed by atoms with Gasteiger partial charge in [0, 0.05) is 6.04 Å². The minimum absolute atomic E-state index is 0.0113. The summed E-state index contributed by atoms with van der Waals surface area (Å²) in [5.74, 6) is 1.70. The molecule has 1 aliphatic carbocycles. The third kappa shape index (κ3) is 3.97. The van der Waals surface area contributed by atoms with E-state index >= 15 is 0 Å². The maximum Gasteiger partial charge on any atom is 0.118 e. The summed E-state index contributed by atoms with van der Waals surface area (Å²) in [6.45, 7) is 4.34. The van der Waals surface area contributed by atoms with Crippen LogP contribution in [-0.4, -0.2) is 19.3 Å². The smallest absolute Gasteiger partial charge is 0.118 e. The Morgan fingerprint density at radius 1 is 1.10 bits per heavy atom. The summed E-state index contributed by atoms with van der Waals surface area (Å²) in [6.07, 6.45) is 5.16. The molecule has 1 aliphatic rings. The van der Waals surface area contributed by atoms with Gasteiger partial charge < -0.3 is 15.2 Å². The average molecular weight is 277 g/mol. The van der Waals surface area contributed by atoms with Crippen LogP contribution < -0.4 is 10.5 Å². The quantitative estimate of drug-likeness (QED) is 0.893. The van der Waals surface area contributed by atoms with Gasteiger partial charge >= 0.3 is 0 Å². The summed E-state index contributed by atoms with van der Waals surface area (Å²) in [5.41, 5.74) is 7.27. The molecule has 2 rings (SSSR count). The second-order valence-electron chi connectivity index (χ2n) is 6.07. The molecule has 1 fully saturated rings. The molecule has 0 aromatic heterocycles. The molecular weight excluding hydrogens is 250 g/mol. The number of hydrogen-bond donors (Lipinski definition) is 1. The summed E-state index contributed by atoms with van der Waals surface area (Å²) in [4.78, 5) is 0. The summed E-state index contributed by atoms with van der Waals surface area (Å²) >= 11 is 0. The van der Waals surface area contributed by atoms with Gasteiger partial charge in [-0.2, -0.15) is 0 Å². The van der Waals surface area contributed by atoms with Crippen molar-refractivity contribution in [3.63, 3.8) is 0 Å². The van der Waals surface area contributed by atoms with Gasteiger partial charge in [-0.1, -0.05) is 19.1 Å². The Labute approximate surface area is 122 Å². The van der Waals surface area contributed by atoms with Gasteiger partial charge in [-0.05, 0) is 56.2 Å². The predicted molar refractivity (Wildman–Crippen MR) is 81.9 cm³/mol. The molecule has 0 saturated heterocycles. The van der Waals surface area contributed by atoms with Gasteiger partial charge in [0.15, 0.2) is 0 Å². The highest BCUT2D eigenvalue weighted by molar-refractivity contribution is 5.29. The van der Waals surface area contributed by atoms with Crippen LogP contribution in [0.4, 0.5) is 0 Å². The SMILES string of the molecule is COc1ccc(C(OC2CCC(C)CC2)C(C)N)cc1. The minimum Gasteiger partial charge on any atom is -0.497 e. The molecule has 2 atom stereocenters. The summed E-state index contributed by atoms with van der Waals surface area (Å²) in [5, 5.41) is 0. The van der Waals surface area contributed by atoms with Gasteiger partial charge in [0.05, 0.1) is 19.3 Å². The van der Waals surface area contributed by atoms with E-state index in [2.05, 4.69) is 19.1 Å². The van der Waals surface area contributed by atoms with Crippen molar-refractivity contribution in [2.75, 3.05) is 7.11 Å². The topological polar surface area (TPSA) is 44.5 Å². The van der Waals surface area contributed by atoms with E-state index in [-0.39, 0.29) is 12.1 Å².